The first-order valence-electron chi connectivity index (χ1n) is 7.96. The summed E-state index contributed by atoms with van der Waals surface area (Å²) in [5.74, 6) is -0.834. The van der Waals surface area contributed by atoms with Gasteiger partial charge in [0.05, 0.1) is 20.8 Å². The zero-order valence-electron chi connectivity index (χ0n) is 14.7. The lowest BCUT2D eigenvalue weighted by atomic mass is 9.99. The Labute approximate surface area is 154 Å². The number of aromatic hydroxyl groups is 1. The van der Waals surface area contributed by atoms with Crippen molar-refractivity contribution in [3.05, 3.63) is 23.8 Å². The first kappa shape index (κ1) is 20.9. The number of esters is 1. The van der Waals surface area contributed by atoms with Crippen LogP contribution in [0.2, 0.25) is 0 Å². The minimum atomic E-state index is -1.69. The second kappa shape index (κ2) is 9.02. The van der Waals surface area contributed by atoms with Gasteiger partial charge < -0.3 is 44.5 Å². The number of benzene rings is 1. The van der Waals surface area contributed by atoms with Crippen LogP contribution in [-0.2, 0) is 14.3 Å². The van der Waals surface area contributed by atoms with Gasteiger partial charge >= 0.3 is 5.97 Å². The number of rotatable bonds is 6. The van der Waals surface area contributed by atoms with Crippen LogP contribution in [0.5, 0.6) is 17.2 Å². The summed E-state index contributed by atoms with van der Waals surface area (Å²) < 4.78 is 20.0. The largest absolute Gasteiger partial charge is 0.502 e. The summed E-state index contributed by atoms with van der Waals surface area (Å²) in [4.78, 5) is 12.0. The van der Waals surface area contributed by atoms with Crippen LogP contribution in [0.4, 0.5) is 0 Å². The molecule has 0 amide bonds. The Morgan fingerprint density at radius 1 is 1.11 bits per heavy atom. The van der Waals surface area contributed by atoms with E-state index >= 15 is 0 Å². The van der Waals surface area contributed by atoms with Crippen LogP contribution < -0.4 is 9.47 Å². The van der Waals surface area contributed by atoms with Gasteiger partial charge in [0.25, 0.3) is 0 Å². The molecule has 0 saturated carbocycles. The average Bonchev–Trinajstić information content (AvgIpc) is 2.67. The molecule has 0 aromatic heterocycles. The minimum Gasteiger partial charge on any atom is -0.502 e. The summed E-state index contributed by atoms with van der Waals surface area (Å²) in [5, 5.41) is 48.2. The van der Waals surface area contributed by atoms with E-state index in [1.54, 1.807) is 0 Å². The molecule has 1 fully saturated rings. The first-order valence-corrected chi connectivity index (χ1v) is 7.96. The number of phenols is 1. The van der Waals surface area contributed by atoms with Crippen molar-refractivity contribution in [2.45, 2.75) is 30.7 Å². The molecule has 1 aliphatic heterocycles. The van der Waals surface area contributed by atoms with Gasteiger partial charge in [0.1, 0.15) is 24.4 Å². The van der Waals surface area contributed by atoms with Crippen molar-refractivity contribution in [1.82, 2.24) is 0 Å². The Kier molecular flexibility index (Phi) is 6.99. The number of carbonyl (C=O) groups excluding carboxylic acids is 1. The molecule has 0 radical (unpaired) electrons. The SMILES string of the molecule is COc1cc(C=CC(=O)OC2OC(CO)C(O)C(O)C2O)cc(OC)c1O. The molecular formula is C17H22O10. The number of ether oxygens (including phenoxy) is 4. The molecule has 1 heterocycles. The van der Waals surface area contributed by atoms with Crippen molar-refractivity contribution in [2.24, 2.45) is 0 Å². The minimum absolute atomic E-state index is 0.135. The fourth-order valence-corrected chi connectivity index (χ4v) is 2.49. The van der Waals surface area contributed by atoms with Gasteiger partial charge in [0.2, 0.25) is 12.0 Å². The van der Waals surface area contributed by atoms with Crippen LogP contribution in [0, 0.1) is 0 Å². The van der Waals surface area contributed by atoms with Gasteiger partial charge in [-0.2, -0.15) is 0 Å². The van der Waals surface area contributed by atoms with Gasteiger partial charge in [-0.1, -0.05) is 0 Å². The average molecular weight is 386 g/mol. The van der Waals surface area contributed by atoms with E-state index in [0.717, 1.165) is 6.08 Å². The molecule has 1 aromatic rings. The van der Waals surface area contributed by atoms with E-state index in [2.05, 4.69) is 0 Å². The van der Waals surface area contributed by atoms with Crippen molar-refractivity contribution in [1.29, 1.82) is 0 Å². The van der Waals surface area contributed by atoms with E-state index < -0.39 is 43.3 Å². The summed E-state index contributed by atoms with van der Waals surface area (Å²) in [6, 6.07) is 2.91. The zero-order valence-corrected chi connectivity index (χ0v) is 14.7. The highest BCUT2D eigenvalue weighted by Gasteiger charge is 2.45. The standard InChI is InChI=1S/C17H22O10/c1-24-9-5-8(6-10(25-2)13(9)20)3-4-12(19)27-17-16(23)15(22)14(21)11(7-18)26-17/h3-6,11,14-18,20-23H,7H2,1-2H3. The van der Waals surface area contributed by atoms with Gasteiger partial charge in [0, 0.05) is 6.08 Å². The summed E-state index contributed by atoms with van der Waals surface area (Å²) in [5.41, 5.74) is 0.451. The van der Waals surface area contributed by atoms with E-state index in [0.29, 0.717) is 5.56 Å². The second-order valence-corrected chi connectivity index (χ2v) is 5.74. The molecule has 0 aliphatic carbocycles. The maximum atomic E-state index is 12.0. The predicted octanol–water partition coefficient (Wildman–Crippen LogP) is -1.23. The smallest absolute Gasteiger partial charge is 0.333 e. The molecule has 1 aliphatic rings. The van der Waals surface area contributed by atoms with Crippen LogP contribution in [0.3, 0.4) is 0 Å². The molecule has 150 valence electrons. The van der Waals surface area contributed by atoms with E-state index in [1.165, 1.54) is 32.4 Å². The van der Waals surface area contributed by atoms with Crippen molar-refractivity contribution in [3.8, 4) is 17.2 Å². The number of carbonyl (C=O) groups is 1. The Balaban J connectivity index is 2.09. The fraction of sp³-hybridized carbons (Fsp3) is 0.471. The van der Waals surface area contributed by atoms with E-state index in [1.807, 2.05) is 0 Å². The topological polar surface area (TPSA) is 155 Å². The van der Waals surface area contributed by atoms with Crippen LogP contribution in [0.1, 0.15) is 5.56 Å². The molecule has 5 N–H and O–H groups in total. The van der Waals surface area contributed by atoms with E-state index in [4.69, 9.17) is 24.1 Å². The molecule has 1 saturated heterocycles. The number of aliphatic hydroxyl groups excluding tert-OH is 4. The first-order chi connectivity index (χ1) is 12.8. The zero-order chi connectivity index (χ0) is 20.1. The van der Waals surface area contributed by atoms with Gasteiger partial charge in [-0.05, 0) is 23.8 Å². The van der Waals surface area contributed by atoms with Crippen LogP contribution in [0.15, 0.2) is 18.2 Å². The Hall–Kier alpha value is -2.37. The summed E-state index contributed by atoms with van der Waals surface area (Å²) in [6.07, 6.45) is -5.27. The molecular weight excluding hydrogens is 364 g/mol. The second-order valence-electron chi connectivity index (χ2n) is 5.74. The van der Waals surface area contributed by atoms with Crippen molar-refractivity contribution in [2.75, 3.05) is 20.8 Å². The van der Waals surface area contributed by atoms with E-state index in [9.17, 15) is 25.2 Å². The third-order valence-corrected chi connectivity index (χ3v) is 3.99. The Morgan fingerprint density at radius 2 is 1.70 bits per heavy atom. The normalized spacial score (nSPS) is 28.1. The lowest BCUT2D eigenvalue weighted by molar-refractivity contribution is -0.291. The highest BCUT2D eigenvalue weighted by Crippen LogP contribution is 2.37. The van der Waals surface area contributed by atoms with Crippen LogP contribution >= 0.6 is 0 Å². The monoisotopic (exact) mass is 386 g/mol. The molecule has 10 nitrogen and oxygen atoms in total. The third-order valence-electron chi connectivity index (χ3n) is 3.99. The van der Waals surface area contributed by atoms with Crippen molar-refractivity contribution in [3.63, 3.8) is 0 Å². The van der Waals surface area contributed by atoms with Gasteiger partial charge in [-0.25, -0.2) is 4.79 Å². The molecule has 27 heavy (non-hydrogen) atoms. The molecule has 10 heteroatoms. The van der Waals surface area contributed by atoms with Crippen molar-refractivity contribution < 1.29 is 49.3 Å². The molecule has 5 atom stereocenters. The van der Waals surface area contributed by atoms with Crippen LogP contribution in [-0.4, -0.2) is 83.0 Å². The Bertz CT molecular complexity index is 661. The molecule has 1 aromatic carbocycles. The highest BCUT2D eigenvalue weighted by molar-refractivity contribution is 5.87. The quantitative estimate of drug-likeness (QED) is 0.296. The van der Waals surface area contributed by atoms with E-state index in [-0.39, 0.29) is 17.2 Å². The number of methoxy groups -OCH3 is 2. The van der Waals surface area contributed by atoms with Gasteiger partial charge in [0.15, 0.2) is 11.5 Å². The molecule has 0 spiro atoms. The third kappa shape index (κ3) is 4.67. The number of aliphatic hydroxyl groups is 4. The maximum Gasteiger partial charge on any atom is 0.333 e. The molecule has 5 unspecified atom stereocenters. The summed E-state index contributed by atoms with van der Waals surface area (Å²) in [7, 11) is 2.71. The predicted molar refractivity (Wildman–Crippen MR) is 90.1 cm³/mol. The Morgan fingerprint density at radius 3 is 2.22 bits per heavy atom. The van der Waals surface area contributed by atoms with Gasteiger partial charge in [-0.15, -0.1) is 0 Å². The maximum absolute atomic E-state index is 12.0. The lowest BCUT2D eigenvalue weighted by Gasteiger charge is -2.38. The number of hydrogen-bond acceptors (Lipinski definition) is 10. The van der Waals surface area contributed by atoms with Crippen molar-refractivity contribution >= 4 is 12.0 Å². The van der Waals surface area contributed by atoms with Gasteiger partial charge in [-0.3, -0.25) is 0 Å². The lowest BCUT2D eigenvalue weighted by Crippen LogP contribution is -2.59. The summed E-state index contributed by atoms with van der Waals surface area (Å²) >= 11 is 0. The molecule has 2 rings (SSSR count). The number of hydrogen-bond donors (Lipinski definition) is 5. The highest BCUT2D eigenvalue weighted by atomic mass is 16.7. The molecule has 0 bridgehead atoms. The number of phenolic OH excluding ortho intramolecular Hbond substituents is 1. The van der Waals surface area contributed by atoms with Crippen LogP contribution in [0.25, 0.3) is 6.08 Å². The fourth-order valence-electron chi connectivity index (χ4n) is 2.49. The summed E-state index contributed by atoms with van der Waals surface area (Å²) in [6.45, 7) is -0.637.